The monoisotopic (exact) mass is 284 g/mol. The number of primary amides is 1. The summed E-state index contributed by atoms with van der Waals surface area (Å²) < 4.78 is 5.09. The van der Waals surface area contributed by atoms with E-state index in [0.29, 0.717) is 11.5 Å². The third-order valence-corrected chi connectivity index (χ3v) is 3.40. The first-order chi connectivity index (χ1) is 10.1. The SMILES string of the molecule is CN1CCN=C1c1ccc(-c2cc(CC(N)=O)on2)cc1. The van der Waals surface area contributed by atoms with Gasteiger partial charge < -0.3 is 15.2 Å². The third-order valence-electron chi connectivity index (χ3n) is 3.40. The lowest BCUT2D eigenvalue weighted by Gasteiger charge is -2.13. The van der Waals surface area contributed by atoms with Gasteiger partial charge in [0.05, 0.1) is 13.0 Å². The van der Waals surface area contributed by atoms with E-state index in [1.54, 1.807) is 6.07 Å². The molecular formula is C15H16N4O2. The molecule has 6 heteroatoms. The Morgan fingerprint density at radius 3 is 2.67 bits per heavy atom. The quantitative estimate of drug-likeness (QED) is 0.909. The van der Waals surface area contributed by atoms with Crippen LogP contribution in [0.4, 0.5) is 0 Å². The fourth-order valence-corrected chi connectivity index (χ4v) is 2.34. The molecule has 0 saturated carbocycles. The lowest BCUT2D eigenvalue weighted by Crippen LogP contribution is -2.23. The van der Waals surface area contributed by atoms with E-state index >= 15 is 0 Å². The molecule has 2 heterocycles. The van der Waals surface area contributed by atoms with E-state index < -0.39 is 5.91 Å². The van der Waals surface area contributed by atoms with Crippen LogP contribution in [0.5, 0.6) is 0 Å². The average molecular weight is 284 g/mol. The van der Waals surface area contributed by atoms with E-state index in [-0.39, 0.29) is 6.42 Å². The van der Waals surface area contributed by atoms with E-state index in [2.05, 4.69) is 15.0 Å². The number of amides is 1. The molecule has 1 amide bonds. The summed E-state index contributed by atoms with van der Waals surface area (Å²) in [6.07, 6.45) is 0.0622. The lowest BCUT2D eigenvalue weighted by molar-refractivity contribution is -0.117. The standard InChI is InChI=1S/C15H16N4O2/c1-19-7-6-17-15(19)11-4-2-10(3-5-11)13-8-12(21-18-13)9-14(16)20/h2-5,8H,6-7,9H2,1H3,(H2,16,20). The minimum atomic E-state index is -0.435. The maximum atomic E-state index is 10.9. The summed E-state index contributed by atoms with van der Waals surface area (Å²) in [5.41, 5.74) is 7.84. The molecule has 0 radical (unpaired) electrons. The highest BCUT2D eigenvalue weighted by molar-refractivity contribution is 5.99. The van der Waals surface area contributed by atoms with Gasteiger partial charge in [0, 0.05) is 30.8 Å². The van der Waals surface area contributed by atoms with E-state index in [1.165, 1.54) is 0 Å². The van der Waals surface area contributed by atoms with Crippen molar-refractivity contribution in [3.8, 4) is 11.3 Å². The Morgan fingerprint density at radius 2 is 2.05 bits per heavy atom. The number of benzene rings is 1. The zero-order valence-electron chi connectivity index (χ0n) is 11.7. The molecule has 3 rings (SSSR count). The van der Waals surface area contributed by atoms with Gasteiger partial charge in [0.1, 0.15) is 17.3 Å². The minimum absolute atomic E-state index is 0.0622. The van der Waals surface area contributed by atoms with Gasteiger partial charge in [0.2, 0.25) is 5.91 Å². The van der Waals surface area contributed by atoms with Crippen LogP contribution in [0.1, 0.15) is 11.3 Å². The van der Waals surface area contributed by atoms with Crippen molar-refractivity contribution in [3.63, 3.8) is 0 Å². The number of nitrogens with zero attached hydrogens (tertiary/aromatic N) is 3. The number of carbonyl (C=O) groups excluding carboxylic acids is 1. The highest BCUT2D eigenvalue weighted by atomic mass is 16.5. The van der Waals surface area contributed by atoms with Crippen molar-refractivity contribution in [2.24, 2.45) is 10.7 Å². The molecule has 0 unspecified atom stereocenters. The van der Waals surface area contributed by atoms with Gasteiger partial charge in [-0.1, -0.05) is 29.4 Å². The number of hydrogen-bond donors (Lipinski definition) is 1. The van der Waals surface area contributed by atoms with Gasteiger partial charge in [-0.2, -0.15) is 0 Å². The molecule has 1 aliphatic rings. The zero-order valence-corrected chi connectivity index (χ0v) is 11.7. The normalized spacial score (nSPS) is 14.3. The van der Waals surface area contributed by atoms with Gasteiger partial charge in [-0.25, -0.2) is 0 Å². The Labute approximate surface area is 122 Å². The number of rotatable bonds is 4. The molecule has 0 bridgehead atoms. The van der Waals surface area contributed by atoms with Crippen LogP contribution >= 0.6 is 0 Å². The fraction of sp³-hybridized carbons (Fsp3) is 0.267. The summed E-state index contributed by atoms with van der Waals surface area (Å²) in [6, 6.07) is 9.70. The van der Waals surface area contributed by atoms with Crippen molar-refractivity contribution in [1.82, 2.24) is 10.1 Å². The van der Waals surface area contributed by atoms with Crippen LogP contribution in [0.25, 0.3) is 11.3 Å². The van der Waals surface area contributed by atoms with Crippen LogP contribution in [-0.2, 0) is 11.2 Å². The summed E-state index contributed by atoms with van der Waals surface area (Å²) in [5.74, 6) is 1.05. The lowest BCUT2D eigenvalue weighted by atomic mass is 10.1. The molecular weight excluding hydrogens is 268 g/mol. The van der Waals surface area contributed by atoms with Gasteiger partial charge >= 0.3 is 0 Å². The van der Waals surface area contributed by atoms with Crippen LogP contribution in [0.2, 0.25) is 0 Å². The molecule has 0 aliphatic carbocycles. The minimum Gasteiger partial charge on any atom is -0.369 e. The van der Waals surface area contributed by atoms with Crippen molar-refractivity contribution >= 4 is 11.7 Å². The Kier molecular flexibility index (Phi) is 3.43. The number of aliphatic imine (C=N–C) groups is 1. The van der Waals surface area contributed by atoms with E-state index in [4.69, 9.17) is 10.3 Å². The molecule has 0 spiro atoms. The van der Waals surface area contributed by atoms with Crippen LogP contribution < -0.4 is 5.73 Å². The molecule has 2 aromatic rings. The molecule has 1 aliphatic heterocycles. The third kappa shape index (κ3) is 2.79. The van der Waals surface area contributed by atoms with Gasteiger partial charge in [0.25, 0.3) is 0 Å². The maximum absolute atomic E-state index is 10.9. The first-order valence-corrected chi connectivity index (χ1v) is 6.74. The van der Waals surface area contributed by atoms with E-state index in [0.717, 1.165) is 30.1 Å². The highest BCUT2D eigenvalue weighted by Crippen LogP contribution is 2.21. The largest absolute Gasteiger partial charge is 0.369 e. The Balaban J connectivity index is 1.81. The second-order valence-electron chi connectivity index (χ2n) is 5.03. The number of aromatic nitrogens is 1. The van der Waals surface area contributed by atoms with Crippen LogP contribution in [0, 0.1) is 0 Å². The van der Waals surface area contributed by atoms with Gasteiger partial charge in [-0.05, 0) is 0 Å². The number of carbonyl (C=O) groups is 1. The van der Waals surface area contributed by atoms with Crippen molar-refractivity contribution < 1.29 is 9.32 Å². The smallest absolute Gasteiger partial charge is 0.225 e. The number of hydrogen-bond acceptors (Lipinski definition) is 5. The van der Waals surface area contributed by atoms with Crippen LogP contribution in [0.15, 0.2) is 39.8 Å². The molecule has 1 aromatic carbocycles. The molecule has 1 aromatic heterocycles. The Bertz CT molecular complexity index is 688. The first-order valence-electron chi connectivity index (χ1n) is 6.74. The topological polar surface area (TPSA) is 84.7 Å². The summed E-state index contributed by atoms with van der Waals surface area (Å²) in [5, 5.41) is 3.96. The first kappa shape index (κ1) is 13.4. The summed E-state index contributed by atoms with van der Waals surface area (Å²) >= 11 is 0. The van der Waals surface area contributed by atoms with Crippen molar-refractivity contribution in [3.05, 3.63) is 41.7 Å². The second kappa shape index (κ2) is 5.40. The summed E-state index contributed by atoms with van der Waals surface area (Å²) in [4.78, 5) is 17.5. The van der Waals surface area contributed by atoms with E-state index in [9.17, 15) is 4.79 Å². The molecule has 108 valence electrons. The van der Waals surface area contributed by atoms with E-state index in [1.807, 2.05) is 31.3 Å². The van der Waals surface area contributed by atoms with Crippen molar-refractivity contribution in [2.75, 3.05) is 20.1 Å². The van der Waals surface area contributed by atoms with Gasteiger partial charge in [0.15, 0.2) is 0 Å². The second-order valence-corrected chi connectivity index (χ2v) is 5.03. The molecule has 2 N–H and O–H groups in total. The highest BCUT2D eigenvalue weighted by Gasteiger charge is 2.15. The summed E-state index contributed by atoms with van der Waals surface area (Å²) in [7, 11) is 2.04. The maximum Gasteiger partial charge on any atom is 0.225 e. The average Bonchev–Trinajstić information content (AvgIpc) is 3.07. The molecule has 0 atom stereocenters. The number of amidine groups is 1. The number of likely N-dealkylation sites (N-methyl/N-ethyl adjacent to an activating group) is 1. The Morgan fingerprint density at radius 1 is 1.33 bits per heavy atom. The van der Waals surface area contributed by atoms with Crippen LogP contribution in [0.3, 0.4) is 0 Å². The molecule has 0 saturated heterocycles. The Hall–Kier alpha value is -2.63. The number of nitrogens with two attached hydrogens (primary N) is 1. The fourth-order valence-electron chi connectivity index (χ4n) is 2.34. The molecule has 6 nitrogen and oxygen atoms in total. The zero-order chi connectivity index (χ0) is 14.8. The molecule has 21 heavy (non-hydrogen) atoms. The van der Waals surface area contributed by atoms with Crippen LogP contribution in [-0.4, -0.2) is 41.9 Å². The predicted octanol–water partition coefficient (Wildman–Crippen LogP) is 1.06. The van der Waals surface area contributed by atoms with Gasteiger partial charge in [-0.3, -0.25) is 9.79 Å². The summed E-state index contributed by atoms with van der Waals surface area (Å²) in [6.45, 7) is 1.80. The molecule has 0 fully saturated rings. The van der Waals surface area contributed by atoms with Gasteiger partial charge in [-0.15, -0.1) is 0 Å². The predicted molar refractivity (Wildman–Crippen MR) is 78.9 cm³/mol. The van der Waals surface area contributed by atoms with Crippen molar-refractivity contribution in [2.45, 2.75) is 6.42 Å². The van der Waals surface area contributed by atoms with Crippen molar-refractivity contribution in [1.29, 1.82) is 0 Å².